The average Bonchev–Trinajstić information content (AvgIpc) is 3.25. The van der Waals surface area contributed by atoms with Crippen molar-refractivity contribution >= 4 is 46.1 Å². The van der Waals surface area contributed by atoms with Gasteiger partial charge in [-0.3, -0.25) is 0 Å². The fourth-order valence-electron chi connectivity index (χ4n) is 4.10. The summed E-state index contributed by atoms with van der Waals surface area (Å²) < 4.78 is 7.12. The molecular formula is C26H23ClN4O2S. The molecule has 6 nitrogen and oxygen atoms in total. The molecule has 0 radical (unpaired) electrons. The summed E-state index contributed by atoms with van der Waals surface area (Å²) in [5.41, 5.74) is 3.28. The van der Waals surface area contributed by atoms with Crippen molar-refractivity contribution < 1.29 is 9.53 Å². The minimum absolute atomic E-state index is 0.292. The van der Waals surface area contributed by atoms with Gasteiger partial charge < -0.3 is 10.1 Å². The third-order valence-electron chi connectivity index (χ3n) is 5.70. The molecule has 1 aromatic heterocycles. The third kappa shape index (κ3) is 4.41. The van der Waals surface area contributed by atoms with Gasteiger partial charge in [-0.15, -0.1) is 5.10 Å². The lowest BCUT2D eigenvalue weighted by molar-refractivity contribution is -0.139. The van der Waals surface area contributed by atoms with Crippen molar-refractivity contribution in [3.63, 3.8) is 0 Å². The standard InChI is InChI=1S/C26H23ClN4O2S/c1-3-33-24(32)22-16(2)28-25-29-26(30-31(25)23(22)19-10-12-21(27)13-11-19)34-15-17-8-9-18-6-4-5-7-20(18)14-17/h4-14,23H,3,15H2,1-2H3,(H,28,29,30)/t23-/m1/s1. The number of benzene rings is 3. The van der Waals surface area contributed by atoms with Gasteiger partial charge in [-0.05, 0) is 47.9 Å². The number of carbonyl (C=O) groups excluding carboxylic acids is 1. The number of nitrogens with zero attached hydrogens (tertiary/aromatic N) is 3. The number of allylic oxidation sites excluding steroid dienone is 1. The minimum atomic E-state index is -0.463. The van der Waals surface area contributed by atoms with E-state index in [2.05, 4.69) is 35.6 Å². The lowest BCUT2D eigenvalue weighted by Crippen LogP contribution is -2.29. The Morgan fingerprint density at radius 1 is 1.12 bits per heavy atom. The second-order valence-electron chi connectivity index (χ2n) is 7.97. The second kappa shape index (κ2) is 9.52. The maximum absolute atomic E-state index is 12.9. The first-order valence-electron chi connectivity index (χ1n) is 11.0. The lowest BCUT2D eigenvalue weighted by atomic mass is 9.96. The van der Waals surface area contributed by atoms with Gasteiger partial charge in [0, 0.05) is 16.5 Å². The Balaban J connectivity index is 1.46. The van der Waals surface area contributed by atoms with Crippen LogP contribution in [0.3, 0.4) is 0 Å². The molecule has 0 amide bonds. The summed E-state index contributed by atoms with van der Waals surface area (Å²) in [7, 11) is 0. The molecule has 8 heteroatoms. The van der Waals surface area contributed by atoms with Gasteiger partial charge in [-0.2, -0.15) is 4.98 Å². The molecule has 1 N–H and O–H groups in total. The molecule has 3 aromatic carbocycles. The van der Waals surface area contributed by atoms with E-state index in [-0.39, 0.29) is 5.97 Å². The van der Waals surface area contributed by atoms with Crippen LogP contribution in [0.4, 0.5) is 5.95 Å². The van der Waals surface area contributed by atoms with E-state index in [1.54, 1.807) is 23.4 Å². The summed E-state index contributed by atoms with van der Waals surface area (Å²) in [6.07, 6.45) is 0. The Bertz CT molecular complexity index is 1400. The molecule has 172 valence electrons. The van der Waals surface area contributed by atoms with Gasteiger partial charge in [0.1, 0.15) is 6.04 Å². The van der Waals surface area contributed by atoms with Gasteiger partial charge >= 0.3 is 5.97 Å². The number of aromatic nitrogens is 3. The summed E-state index contributed by atoms with van der Waals surface area (Å²) in [4.78, 5) is 17.6. The first-order valence-corrected chi connectivity index (χ1v) is 12.4. The molecule has 5 rings (SSSR count). The molecule has 0 saturated carbocycles. The van der Waals surface area contributed by atoms with Crippen LogP contribution in [0.2, 0.25) is 5.02 Å². The lowest BCUT2D eigenvalue weighted by Gasteiger charge is -2.28. The molecule has 1 atom stereocenters. The third-order valence-corrected chi connectivity index (χ3v) is 6.86. The van der Waals surface area contributed by atoms with Crippen molar-refractivity contribution in [2.24, 2.45) is 0 Å². The highest BCUT2D eigenvalue weighted by molar-refractivity contribution is 7.98. The highest BCUT2D eigenvalue weighted by Gasteiger charge is 2.35. The first-order chi connectivity index (χ1) is 16.5. The number of rotatable bonds is 6. The van der Waals surface area contributed by atoms with Crippen LogP contribution in [0.1, 0.15) is 31.0 Å². The van der Waals surface area contributed by atoms with Gasteiger partial charge in [-0.25, -0.2) is 9.48 Å². The molecule has 0 bridgehead atoms. The molecule has 0 saturated heterocycles. The molecule has 2 heterocycles. The molecule has 1 aliphatic heterocycles. The number of hydrogen-bond acceptors (Lipinski definition) is 6. The largest absolute Gasteiger partial charge is 0.463 e. The van der Waals surface area contributed by atoms with Crippen molar-refractivity contribution in [3.8, 4) is 0 Å². The highest BCUT2D eigenvalue weighted by Crippen LogP contribution is 2.37. The average molecular weight is 491 g/mol. The van der Waals surface area contributed by atoms with Gasteiger partial charge in [0.05, 0.1) is 12.2 Å². The van der Waals surface area contributed by atoms with Crippen molar-refractivity contribution in [2.45, 2.75) is 30.8 Å². The molecule has 0 fully saturated rings. The Morgan fingerprint density at radius 3 is 2.65 bits per heavy atom. The molecular weight excluding hydrogens is 468 g/mol. The highest BCUT2D eigenvalue weighted by atomic mass is 35.5. The molecule has 0 spiro atoms. The van der Waals surface area contributed by atoms with Crippen molar-refractivity contribution in [2.75, 3.05) is 11.9 Å². The summed E-state index contributed by atoms with van der Waals surface area (Å²) in [6, 6.07) is 21.7. The van der Waals surface area contributed by atoms with E-state index in [0.29, 0.717) is 34.0 Å². The summed E-state index contributed by atoms with van der Waals surface area (Å²) in [5, 5.41) is 11.7. The zero-order valence-electron chi connectivity index (χ0n) is 18.8. The Labute approximate surface area is 207 Å². The molecule has 0 aliphatic carbocycles. The quantitative estimate of drug-likeness (QED) is 0.255. The van der Waals surface area contributed by atoms with Crippen LogP contribution in [0.15, 0.2) is 83.2 Å². The van der Waals surface area contributed by atoms with Crippen LogP contribution < -0.4 is 5.32 Å². The molecule has 4 aromatic rings. The number of hydrogen-bond donors (Lipinski definition) is 1. The predicted octanol–water partition coefficient (Wildman–Crippen LogP) is 6.23. The van der Waals surface area contributed by atoms with E-state index in [9.17, 15) is 4.79 Å². The second-order valence-corrected chi connectivity index (χ2v) is 9.35. The number of esters is 1. The SMILES string of the molecule is CCOC(=O)C1=C(C)Nc2nc(SCc3ccc4ccccc4c3)nn2[C@@H]1c1ccc(Cl)cc1. The van der Waals surface area contributed by atoms with Gasteiger partial charge in [0.25, 0.3) is 0 Å². The molecule has 0 unspecified atom stereocenters. The number of anilines is 1. The van der Waals surface area contributed by atoms with Crippen molar-refractivity contribution in [3.05, 3.63) is 94.1 Å². The smallest absolute Gasteiger partial charge is 0.338 e. The van der Waals surface area contributed by atoms with E-state index in [1.807, 2.05) is 43.3 Å². The number of nitrogens with one attached hydrogen (secondary N) is 1. The number of ether oxygens (including phenoxy) is 1. The summed E-state index contributed by atoms with van der Waals surface area (Å²) in [6.45, 7) is 3.94. The van der Waals surface area contributed by atoms with Gasteiger partial charge in [0.2, 0.25) is 11.1 Å². The number of fused-ring (bicyclic) bond motifs is 2. The zero-order valence-corrected chi connectivity index (χ0v) is 20.4. The fraction of sp³-hybridized carbons (Fsp3) is 0.192. The van der Waals surface area contributed by atoms with Crippen LogP contribution in [0.5, 0.6) is 0 Å². The van der Waals surface area contributed by atoms with Crippen molar-refractivity contribution in [1.82, 2.24) is 14.8 Å². The normalized spacial score (nSPS) is 15.2. The maximum Gasteiger partial charge on any atom is 0.338 e. The van der Waals surface area contributed by atoms with E-state index in [1.165, 1.54) is 16.3 Å². The first kappa shape index (κ1) is 22.5. The predicted molar refractivity (Wildman–Crippen MR) is 136 cm³/mol. The van der Waals surface area contributed by atoms with Crippen molar-refractivity contribution in [1.29, 1.82) is 0 Å². The Hall–Kier alpha value is -3.29. The summed E-state index contributed by atoms with van der Waals surface area (Å²) >= 11 is 7.67. The molecule has 34 heavy (non-hydrogen) atoms. The topological polar surface area (TPSA) is 69.0 Å². The number of halogens is 1. The number of thioether (sulfide) groups is 1. The number of carbonyl (C=O) groups is 1. The van der Waals surface area contributed by atoms with E-state index in [4.69, 9.17) is 26.4 Å². The Morgan fingerprint density at radius 2 is 1.88 bits per heavy atom. The van der Waals surface area contributed by atoms with E-state index in [0.717, 1.165) is 11.3 Å². The van der Waals surface area contributed by atoms with E-state index < -0.39 is 6.04 Å². The van der Waals surface area contributed by atoms with Crippen LogP contribution >= 0.6 is 23.4 Å². The van der Waals surface area contributed by atoms with Gasteiger partial charge in [-0.1, -0.05) is 78.0 Å². The van der Waals surface area contributed by atoms with Crippen LogP contribution in [0, 0.1) is 0 Å². The summed E-state index contributed by atoms with van der Waals surface area (Å²) in [5.74, 6) is 0.947. The van der Waals surface area contributed by atoms with Crippen LogP contribution in [0.25, 0.3) is 10.8 Å². The fourth-order valence-corrected chi connectivity index (χ4v) is 4.99. The monoisotopic (exact) mass is 490 g/mol. The minimum Gasteiger partial charge on any atom is -0.463 e. The van der Waals surface area contributed by atoms with Crippen LogP contribution in [-0.2, 0) is 15.3 Å². The zero-order chi connectivity index (χ0) is 23.7. The maximum atomic E-state index is 12.9. The van der Waals surface area contributed by atoms with E-state index >= 15 is 0 Å². The molecule has 1 aliphatic rings. The van der Waals surface area contributed by atoms with Gasteiger partial charge in [0.15, 0.2) is 0 Å². The van der Waals surface area contributed by atoms with Crippen LogP contribution in [-0.4, -0.2) is 27.3 Å². The Kier molecular flexibility index (Phi) is 6.30.